The zero-order valence-corrected chi connectivity index (χ0v) is 24.9. The molecule has 1 aromatic carbocycles. The second-order valence-corrected chi connectivity index (χ2v) is 12.2. The van der Waals surface area contributed by atoms with Gasteiger partial charge in [-0.15, -0.1) is 11.8 Å². The Kier molecular flexibility index (Phi) is 7.88. The third kappa shape index (κ3) is 5.65. The predicted molar refractivity (Wildman–Crippen MR) is 154 cm³/mol. The number of fused-ring (bicyclic) bond motifs is 1. The van der Waals surface area contributed by atoms with Crippen molar-refractivity contribution in [2.45, 2.75) is 63.5 Å². The highest BCUT2D eigenvalue weighted by molar-refractivity contribution is 7.99. The second-order valence-electron chi connectivity index (χ2n) is 10.9. The van der Waals surface area contributed by atoms with Gasteiger partial charge in [-0.25, -0.2) is 19.7 Å². The molecule has 42 heavy (non-hydrogen) atoms. The van der Waals surface area contributed by atoms with E-state index in [0.717, 1.165) is 17.8 Å². The third-order valence-electron chi connectivity index (χ3n) is 7.48. The van der Waals surface area contributed by atoms with Gasteiger partial charge in [0.1, 0.15) is 23.5 Å². The Balaban J connectivity index is 1.65. The zero-order valence-electron chi connectivity index (χ0n) is 24.1. The Morgan fingerprint density at radius 3 is 2.36 bits per heavy atom. The van der Waals surface area contributed by atoms with E-state index in [0.29, 0.717) is 21.8 Å². The molecule has 0 saturated carbocycles. The molecular formula is C29H30BF3N4O4S. The number of alkyl halides is 3. The molecule has 1 aliphatic heterocycles. The molecule has 8 nitrogen and oxygen atoms in total. The Bertz CT molecular complexity index is 1630. The van der Waals surface area contributed by atoms with Crippen LogP contribution in [0.3, 0.4) is 0 Å². The number of carbonyl (C=O) groups is 1. The summed E-state index contributed by atoms with van der Waals surface area (Å²) >= 11 is 1.45. The van der Waals surface area contributed by atoms with Crippen LogP contribution in [0, 0.1) is 0 Å². The van der Waals surface area contributed by atoms with Gasteiger partial charge in [-0.3, -0.25) is 0 Å². The number of thioether (sulfide) groups is 1. The quantitative estimate of drug-likeness (QED) is 0.150. The average molecular weight is 598 g/mol. The summed E-state index contributed by atoms with van der Waals surface area (Å²) in [4.78, 5) is 27.5. The van der Waals surface area contributed by atoms with Crippen LogP contribution in [-0.2, 0) is 33.9 Å². The molecule has 5 rings (SSSR count). The fourth-order valence-electron chi connectivity index (χ4n) is 4.48. The topological polar surface area (TPSA) is 88.4 Å². The fourth-order valence-corrected chi connectivity index (χ4v) is 5.28. The molecule has 4 heterocycles. The number of hydrogen-bond donors (Lipinski definition) is 0. The number of ether oxygens (including phenoxy) is 1. The van der Waals surface area contributed by atoms with Crippen molar-refractivity contribution in [3.63, 3.8) is 0 Å². The first kappa shape index (κ1) is 30.1. The normalized spacial score (nSPS) is 16.3. The van der Waals surface area contributed by atoms with Crippen LogP contribution in [0.5, 0.6) is 0 Å². The van der Waals surface area contributed by atoms with E-state index in [1.165, 1.54) is 11.8 Å². The molecule has 3 aromatic heterocycles. The van der Waals surface area contributed by atoms with E-state index in [4.69, 9.17) is 19.0 Å². The lowest BCUT2D eigenvalue weighted by Gasteiger charge is -2.32. The summed E-state index contributed by atoms with van der Waals surface area (Å²) in [5, 5.41) is 0. The van der Waals surface area contributed by atoms with E-state index in [1.54, 1.807) is 17.7 Å². The Labute approximate surface area is 246 Å². The van der Waals surface area contributed by atoms with Gasteiger partial charge in [0.25, 0.3) is 0 Å². The van der Waals surface area contributed by atoms with Crippen LogP contribution in [0.25, 0.3) is 22.7 Å². The van der Waals surface area contributed by atoms with Gasteiger partial charge in [0.15, 0.2) is 11.5 Å². The smallest absolute Gasteiger partial charge is 0.456 e. The van der Waals surface area contributed by atoms with Crippen LogP contribution in [0.2, 0.25) is 0 Å². The predicted octanol–water partition coefficient (Wildman–Crippen LogP) is 5.82. The highest BCUT2D eigenvalue weighted by Crippen LogP contribution is 2.38. The van der Waals surface area contributed by atoms with E-state index >= 15 is 0 Å². The van der Waals surface area contributed by atoms with Gasteiger partial charge >= 0.3 is 19.3 Å². The largest absolute Gasteiger partial charge is 0.497 e. The SMILES string of the molecule is CCSc1cc(B2OC(C)(C)C(C)(C)O2)c(C(=O)OCc2ccccc2)nc1-c1nc2cc(C(F)(F)F)cnc2n1C. The van der Waals surface area contributed by atoms with Crippen LogP contribution in [-0.4, -0.2) is 49.6 Å². The van der Waals surface area contributed by atoms with Gasteiger partial charge in [0, 0.05) is 23.6 Å². The molecule has 1 saturated heterocycles. The molecule has 0 amide bonds. The number of aryl methyl sites for hydroxylation is 1. The molecule has 220 valence electrons. The van der Waals surface area contributed by atoms with Crippen molar-refractivity contribution < 1.29 is 32.0 Å². The minimum atomic E-state index is -4.57. The Morgan fingerprint density at radius 1 is 1.07 bits per heavy atom. The van der Waals surface area contributed by atoms with Gasteiger partial charge in [-0.1, -0.05) is 37.3 Å². The summed E-state index contributed by atoms with van der Waals surface area (Å²) in [6.45, 7) is 9.60. The molecule has 0 aliphatic carbocycles. The number of aromatic nitrogens is 4. The monoisotopic (exact) mass is 598 g/mol. The standard InChI is InChI=1S/C29H30BF3N4O4S/c1-7-42-21-14-19(30-40-27(2,3)28(4,5)41-30)22(26(38)39-16-17-11-9-8-10-12-17)36-23(21)25-35-20-13-18(29(31,32)33)15-34-24(20)37(25)6/h8-15H,7,16H2,1-6H3. The highest BCUT2D eigenvalue weighted by atomic mass is 32.2. The maximum Gasteiger partial charge on any atom is 0.497 e. The van der Waals surface area contributed by atoms with Crippen molar-refractivity contribution in [3.8, 4) is 11.5 Å². The van der Waals surface area contributed by atoms with Gasteiger partial charge in [0.05, 0.1) is 16.8 Å². The molecule has 1 aliphatic rings. The maximum absolute atomic E-state index is 13.6. The lowest BCUT2D eigenvalue weighted by Crippen LogP contribution is -2.41. The maximum atomic E-state index is 13.6. The van der Waals surface area contributed by atoms with Gasteiger partial charge < -0.3 is 18.6 Å². The Hall–Kier alpha value is -3.42. The molecule has 0 bridgehead atoms. The number of nitrogens with zero attached hydrogens (tertiary/aromatic N) is 4. The van der Waals surface area contributed by atoms with Crippen molar-refractivity contribution in [2.24, 2.45) is 7.05 Å². The van der Waals surface area contributed by atoms with Crippen molar-refractivity contribution in [1.29, 1.82) is 0 Å². The lowest BCUT2D eigenvalue weighted by molar-refractivity contribution is -0.137. The molecular weight excluding hydrogens is 568 g/mol. The Morgan fingerprint density at radius 2 is 1.74 bits per heavy atom. The van der Waals surface area contributed by atoms with E-state index < -0.39 is 36.0 Å². The van der Waals surface area contributed by atoms with E-state index in [9.17, 15) is 18.0 Å². The van der Waals surface area contributed by atoms with Gasteiger partial charge in [-0.05, 0) is 51.1 Å². The molecule has 13 heteroatoms. The number of pyridine rings is 2. The summed E-state index contributed by atoms with van der Waals surface area (Å²) in [6, 6.07) is 11.9. The minimum absolute atomic E-state index is 0.0153. The van der Waals surface area contributed by atoms with Gasteiger partial charge in [-0.2, -0.15) is 13.2 Å². The number of halogens is 3. The molecule has 0 atom stereocenters. The minimum Gasteiger partial charge on any atom is -0.456 e. The van der Waals surface area contributed by atoms with Crippen LogP contribution >= 0.6 is 11.8 Å². The molecule has 4 aromatic rings. The van der Waals surface area contributed by atoms with Crippen molar-refractivity contribution >= 4 is 41.5 Å². The van der Waals surface area contributed by atoms with E-state index in [1.807, 2.05) is 65.0 Å². The number of esters is 1. The second kappa shape index (κ2) is 11.0. The van der Waals surface area contributed by atoms with Crippen LogP contribution in [0.1, 0.15) is 56.2 Å². The van der Waals surface area contributed by atoms with E-state index in [2.05, 4.69) is 9.97 Å². The molecule has 0 radical (unpaired) electrons. The van der Waals surface area contributed by atoms with Crippen LogP contribution < -0.4 is 5.46 Å². The van der Waals surface area contributed by atoms with Crippen molar-refractivity contribution in [3.05, 3.63) is 65.5 Å². The van der Waals surface area contributed by atoms with Crippen molar-refractivity contribution in [2.75, 3.05) is 5.75 Å². The first-order valence-electron chi connectivity index (χ1n) is 13.4. The molecule has 0 spiro atoms. The third-order valence-corrected chi connectivity index (χ3v) is 8.39. The number of hydrogen-bond acceptors (Lipinski definition) is 8. The highest BCUT2D eigenvalue weighted by Gasteiger charge is 2.53. The van der Waals surface area contributed by atoms with Gasteiger partial charge in [0.2, 0.25) is 0 Å². The summed E-state index contributed by atoms with van der Waals surface area (Å²) in [6.07, 6.45) is -3.79. The van der Waals surface area contributed by atoms with Crippen LogP contribution in [0.4, 0.5) is 13.2 Å². The molecule has 0 unspecified atom stereocenters. The average Bonchev–Trinajstić information content (AvgIpc) is 3.37. The van der Waals surface area contributed by atoms with Crippen molar-refractivity contribution in [1.82, 2.24) is 19.5 Å². The fraction of sp³-hybridized carbons (Fsp3) is 0.379. The van der Waals surface area contributed by atoms with E-state index in [-0.39, 0.29) is 29.3 Å². The summed E-state index contributed by atoms with van der Waals surface area (Å²) < 4.78 is 59.9. The first-order chi connectivity index (χ1) is 19.7. The lowest BCUT2D eigenvalue weighted by atomic mass is 9.77. The number of carbonyl (C=O) groups excluding carboxylic acids is 1. The number of benzene rings is 1. The summed E-state index contributed by atoms with van der Waals surface area (Å²) in [5.41, 5.74) is -0.505. The summed E-state index contributed by atoms with van der Waals surface area (Å²) in [5.74, 6) is 0.204. The number of rotatable bonds is 7. The van der Waals surface area contributed by atoms with Crippen LogP contribution in [0.15, 0.2) is 53.6 Å². The zero-order chi connectivity index (χ0) is 30.4. The first-order valence-corrected chi connectivity index (χ1v) is 14.3. The molecule has 1 fully saturated rings. The molecule has 0 N–H and O–H groups in total. The number of imidazole rings is 1. The summed E-state index contributed by atoms with van der Waals surface area (Å²) in [7, 11) is 0.728.